The van der Waals surface area contributed by atoms with Crippen molar-refractivity contribution in [3.8, 4) is 0 Å². The van der Waals surface area contributed by atoms with Crippen LogP contribution >= 0.6 is 11.8 Å². The van der Waals surface area contributed by atoms with Gasteiger partial charge in [0.05, 0.1) is 11.0 Å². The van der Waals surface area contributed by atoms with Gasteiger partial charge in [0.25, 0.3) is 0 Å². The maximum absolute atomic E-state index is 13.8. The molecule has 2 aromatic carbocycles. The number of hydrogen-bond acceptors (Lipinski definition) is 2. The second-order valence-electron chi connectivity index (χ2n) is 4.01. The van der Waals surface area contributed by atoms with Crippen LogP contribution in [0.5, 0.6) is 0 Å². The molecular weight excluding hydrogens is 273 g/mol. The largest absolute Gasteiger partial charge is 0.389 e. The monoisotopic (exact) mass is 284 g/mol. The minimum absolute atomic E-state index is 0.212. The molecule has 1 atom stereocenters. The van der Waals surface area contributed by atoms with Gasteiger partial charge in [-0.2, -0.15) is 0 Å². The van der Waals surface area contributed by atoms with Crippen molar-refractivity contribution < 1.29 is 18.3 Å². The van der Waals surface area contributed by atoms with Gasteiger partial charge in [-0.05, 0) is 36.8 Å². The van der Waals surface area contributed by atoms with Crippen molar-refractivity contribution in [2.24, 2.45) is 0 Å². The molecule has 0 heterocycles. The van der Waals surface area contributed by atoms with E-state index in [2.05, 4.69) is 0 Å². The van der Waals surface area contributed by atoms with E-state index in [-0.39, 0.29) is 4.90 Å². The van der Waals surface area contributed by atoms with Gasteiger partial charge in [-0.15, -0.1) is 0 Å². The van der Waals surface area contributed by atoms with E-state index in [9.17, 15) is 18.3 Å². The van der Waals surface area contributed by atoms with Gasteiger partial charge in [-0.3, -0.25) is 0 Å². The summed E-state index contributed by atoms with van der Waals surface area (Å²) in [5, 5.41) is 9.59. The van der Waals surface area contributed by atoms with E-state index in [4.69, 9.17) is 0 Å². The molecule has 2 rings (SSSR count). The summed E-state index contributed by atoms with van der Waals surface area (Å²) in [5.74, 6) is -2.44. The van der Waals surface area contributed by atoms with Crippen LogP contribution in [0.1, 0.15) is 18.6 Å². The molecule has 5 heteroatoms. The first-order chi connectivity index (χ1) is 8.99. The lowest BCUT2D eigenvalue weighted by molar-refractivity contribution is 0.195. The Labute approximate surface area is 113 Å². The third kappa shape index (κ3) is 3.11. The lowest BCUT2D eigenvalue weighted by Crippen LogP contribution is -1.96. The average molecular weight is 284 g/mol. The SMILES string of the molecule is C[C@@H](O)c1cccc(F)c1Sc1ccc(F)c(F)c1. The summed E-state index contributed by atoms with van der Waals surface area (Å²) in [6, 6.07) is 7.69. The van der Waals surface area contributed by atoms with E-state index >= 15 is 0 Å². The topological polar surface area (TPSA) is 20.2 Å². The van der Waals surface area contributed by atoms with Crippen molar-refractivity contribution in [3.05, 3.63) is 59.4 Å². The molecule has 0 saturated heterocycles. The van der Waals surface area contributed by atoms with Gasteiger partial charge in [-0.25, -0.2) is 13.2 Å². The molecule has 1 nitrogen and oxygen atoms in total. The number of aliphatic hydroxyl groups excluding tert-OH is 1. The van der Waals surface area contributed by atoms with Crippen molar-refractivity contribution in [2.75, 3.05) is 0 Å². The number of rotatable bonds is 3. The molecule has 0 fully saturated rings. The summed E-state index contributed by atoms with van der Waals surface area (Å²) in [6.07, 6.45) is -0.844. The van der Waals surface area contributed by atoms with Crippen LogP contribution in [0, 0.1) is 17.5 Å². The Morgan fingerprint density at radius 1 is 1.00 bits per heavy atom. The smallest absolute Gasteiger partial charge is 0.159 e. The van der Waals surface area contributed by atoms with Gasteiger partial charge in [0, 0.05) is 4.90 Å². The Morgan fingerprint density at radius 3 is 2.37 bits per heavy atom. The van der Waals surface area contributed by atoms with Crippen molar-refractivity contribution in [3.63, 3.8) is 0 Å². The predicted molar refractivity (Wildman–Crippen MR) is 67.5 cm³/mol. The highest BCUT2D eigenvalue weighted by molar-refractivity contribution is 7.99. The fraction of sp³-hybridized carbons (Fsp3) is 0.143. The van der Waals surface area contributed by atoms with Crippen LogP contribution in [0.3, 0.4) is 0 Å². The van der Waals surface area contributed by atoms with Crippen molar-refractivity contribution in [2.45, 2.75) is 22.8 Å². The highest BCUT2D eigenvalue weighted by Gasteiger charge is 2.14. The molecule has 0 saturated carbocycles. The van der Waals surface area contributed by atoms with Crippen LogP contribution in [0.25, 0.3) is 0 Å². The van der Waals surface area contributed by atoms with E-state index in [1.54, 1.807) is 6.07 Å². The van der Waals surface area contributed by atoms with Gasteiger partial charge in [-0.1, -0.05) is 23.9 Å². The Balaban J connectivity index is 2.40. The molecule has 0 bridgehead atoms. The Bertz CT molecular complexity index is 599. The molecular formula is C14H11F3OS. The normalized spacial score (nSPS) is 12.5. The first-order valence-electron chi connectivity index (χ1n) is 5.58. The third-order valence-corrected chi connectivity index (χ3v) is 3.68. The van der Waals surface area contributed by atoms with E-state index in [0.29, 0.717) is 10.5 Å². The first kappa shape index (κ1) is 14.0. The summed E-state index contributed by atoms with van der Waals surface area (Å²) in [7, 11) is 0. The summed E-state index contributed by atoms with van der Waals surface area (Å²) >= 11 is 0.950. The van der Waals surface area contributed by atoms with Gasteiger partial charge < -0.3 is 5.11 Å². The molecule has 0 aromatic heterocycles. The molecule has 0 aliphatic rings. The van der Waals surface area contributed by atoms with Gasteiger partial charge >= 0.3 is 0 Å². The zero-order valence-electron chi connectivity index (χ0n) is 10.0. The number of halogens is 3. The summed E-state index contributed by atoms with van der Waals surface area (Å²) < 4.78 is 39.7. The molecule has 0 unspecified atom stereocenters. The maximum atomic E-state index is 13.8. The van der Waals surface area contributed by atoms with Crippen LogP contribution in [0.4, 0.5) is 13.2 Å². The van der Waals surface area contributed by atoms with E-state index < -0.39 is 23.6 Å². The molecule has 0 aliphatic carbocycles. The summed E-state index contributed by atoms with van der Waals surface area (Å²) in [4.78, 5) is 0.578. The van der Waals surface area contributed by atoms with Crippen molar-refractivity contribution in [1.82, 2.24) is 0 Å². The zero-order valence-corrected chi connectivity index (χ0v) is 10.8. The van der Waals surface area contributed by atoms with Crippen LogP contribution in [0.15, 0.2) is 46.2 Å². The Hall–Kier alpha value is -1.46. The minimum Gasteiger partial charge on any atom is -0.389 e. The summed E-state index contributed by atoms with van der Waals surface area (Å²) in [6.45, 7) is 1.52. The molecule has 19 heavy (non-hydrogen) atoms. The lowest BCUT2D eigenvalue weighted by Gasteiger charge is -2.12. The third-order valence-electron chi connectivity index (χ3n) is 2.56. The highest BCUT2D eigenvalue weighted by Crippen LogP contribution is 2.35. The number of aliphatic hydroxyl groups is 1. The molecule has 1 N–H and O–H groups in total. The standard InChI is InChI=1S/C14H11F3OS/c1-8(18)10-3-2-4-12(16)14(10)19-9-5-6-11(15)13(17)7-9/h2-8,18H,1H3/t8-/m1/s1. The number of benzene rings is 2. The van der Waals surface area contributed by atoms with Crippen LogP contribution in [-0.4, -0.2) is 5.11 Å². The second-order valence-corrected chi connectivity index (χ2v) is 5.10. The molecule has 100 valence electrons. The van der Waals surface area contributed by atoms with E-state index in [1.807, 2.05) is 0 Å². The summed E-state index contributed by atoms with van der Waals surface area (Å²) in [5.41, 5.74) is 0.412. The van der Waals surface area contributed by atoms with E-state index in [1.165, 1.54) is 25.1 Å². The van der Waals surface area contributed by atoms with Crippen LogP contribution in [0.2, 0.25) is 0 Å². The fourth-order valence-electron chi connectivity index (χ4n) is 1.62. The number of hydrogen-bond donors (Lipinski definition) is 1. The quantitative estimate of drug-likeness (QED) is 0.906. The lowest BCUT2D eigenvalue weighted by atomic mass is 10.1. The Morgan fingerprint density at radius 2 is 1.74 bits per heavy atom. The molecule has 0 spiro atoms. The van der Waals surface area contributed by atoms with Crippen LogP contribution < -0.4 is 0 Å². The van der Waals surface area contributed by atoms with Crippen LogP contribution in [-0.2, 0) is 0 Å². The van der Waals surface area contributed by atoms with Crippen molar-refractivity contribution in [1.29, 1.82) is 0 Å². The van der Waals surface area contributed by atoms with Crippen molar-refractivity contribution >= 4 is 11.8 Å². The second kappa shape index (κ2) is 5.67. The highest BCUT2D eigenvalue weighted by atomic mass is 32.2. The average Bonchev–Trinajstić information content (AvgIpc) is 2.36. The molecule has 0 aliphatic heterocycles. The maximum Gasteiger partial charge on any atom is 0.159 e. The van der Waals surface area contributed by atoms with Gasteiger partial charge in [0.1, 0.15) is 5.82 Å². The zero-order chi connectivity index (χ0) is 14.0. The molecule has 2 aromatic rings. The van der Waals surface area contributed by atoms with E-state index in [0.717, 1.165) is 23.9 Å². The van der Waals surface area contributed by atoms with Gasteiger partial charge in [0.2, 0.25) is 0 Å². The first-order valence-corrected chi connectivity index (χ1v) is 6.40. The van der Waals surface area contributed by atoms with Gasteiger partial charge in [0.15, 0.2) is 11.6 Å². The Kier molecular flexibility index (Phi) is 4.17. The molecule has 0 amide bonds. The minimum atomic E-state index is -0.986. The predicted octanol–water partition coefficient (Wildman–Crippen LogP) is 4.31. The fourth-order valence-corrected chi connectivity index (χ4v) is 2.68. The molecule has 0 radical (unpaired) electrons.